The van der Waals surface area contributed by atoms with Gasteiger partial charge >= 0.3 is 0 Å². The summed E-state index contributed by atoms with van der Waals surface area (Å²) in [6, 6.07) is 0. The lowest BCUT2D eigenvalue weighted by molar-refractivity contribution is 0.268. The Bertz CT molecular complexity index is 99.4. The molecule has 0 heterocycles. The van der Waals surface area contributed by atoms with E-state index in [0.717, 1.165) is 19.7 Å². The summed E-state index contributed by atoms with van der Waals surface area (Å²) in [6.07, 6.45) is 5.47. The highest BCUT2D eigenvalue weighted by molar-refractivity contribution is 4.79. The van der Waals surface area contributed by atoms with Gasteiger partial charge in [-0.2, -0.15) is 0 Å². The average Bonchev–Trinajstić information content (AvgIpc) is 1.97. The van der Waals surface area contributed by atoms with Gasteiger partial charge in [0.05, 0.1) is 12.9 Å². The Morgan fingerprint density at radius 1 is 1.50 bits per heavy atom. The van der Waals surface area contributed by atoms with E-state index >= 15 is 0 Å². The fourth-order valence-electron chi connectivity index (χ4n) is 0.481. The van der Waals surface area contributed by atoms with Crippen LogP contribution in [0.2, 0.25) is 0 Å². The molecule has 1 N–H and O–H groups in total. The van der Waals surface area contributed by atoms with Crippen LogP contribution in [0.5, 0.6) is 0 Å². The van der Waals surface area contributed by atoms with E-state index in [9.17, 15) is 0 Å². The summed E-state index contributed by atoms with van der Waals surface area (Å²) in [5, 5.41) is 3.11. The first-order chi connectivity index (χ1) is 4.91. The molecule has 0 bridgehead atoms. The highest BCUT2D eigenvalue weighted by Crippen LogP contribution is 1.74. The van der Waals surface area contributed by atoms with Gasteiger partial charge in [0.25, 0.3) is 0 Å². The van der Waals surface area contributed by atoms with Crippen LogP contribution in [0, 0.1) is 0 Å². The lowest BCUT2D eigenvalue weighted by Crippen LogP contribution is -2.12. The van der Waals surface area contributed by atoms with E-state index in [1.165, 1.54) is 0 Å². The van der Waals surface area contributed by atoms with Gasteiger partial charge in [-0.3, -0.25) is 0 Å². The molecule has 58 valence electrons. The van der Waals surface area contributed by atoms with Crippen LogP contribution in [-0.4, -0.2) is 19.7 Å². The molecular formula is C8H15NO. The van der Waals surface area contributed by atoms with E-state index in [2.05, 4.69) is 11.9 Å². The van der Waals surface area contributed by atoms with Crippen molar-refractivity contribution in [3.8, 4) is 0 Å². The largest absolute Gasteiger partial charge is 0.502 e. The molecule has 0 aliphatic carbocycles. The van der Waals surface area contributed by atoms with Crippen LogP contribution in [-0.2, 0) is 4.74 Å². The monoisotopic (exact) mass is 141 g/mol. The maximum absolute atomic E-state index is 4.97. The van der Waals surface area contributed by atoms with E-state index < -0.39 is 0 Å². The minimum Gasteiger partial charge on any atom is -0.502 e. The van der Waals surface area contributed by atoms with Crippen molar-refractivity contribution in [2.75, 3.05) is 19.7 Å². The second kappa shape index (κ2) is 8.24. The Morgan fingerprint density at radius 2 is 2.30 bits per heavy atom. The summed E-state index contributed by atoms with van der Waals surface area (Å²) in [6.45, 7) is 7.95. The molecule has 0 unspecified atom stereocenters. The number of nitrogens with one attached hydrogen (secondary N) is 1. The molecule has 0 radical (unpaired) electrons. The first-order valence-corrected chi connectivity index (χ1v) is 3.50. The zero-order valence-electron chi connectivity index (χ0n) is 6.47. The fourth-order valence-corrected chi connectivity index (χ4v) is 0.481. The SMILES string of the molecule is C=CCNCC=COCC. The van der Waals surface area contributed by atoms with Crippen molar-refractivity contribution in [3.05, 3.63) is 25.0 Å². The standard InChI is InChI=1S/C8H15NO/c1-3-6-9-7-5-8-10-4-2/h3,5,8-9H,1,4,6-7H2,2H3. The number of rotatable bonds is 6. The molecule has 2 heteroatoms. The number of hydrogen-bond donors (Lipinski definition) is 1. The molecule has 0 spiro atoms. The van der Waals surface area contributed by atoms with Crippen LogP contribution < -0.4 is 5.32 Å². The summed E-state index contributed by atoms with van der Waals surface area (Å²) in [7, 11) is 0. The van der Waals surface area contributed by atoms with Gasteiger partial charge in [-0.15, -0.1) is 6.58 Å². The first kappa shape index (κ1) is 9.24. The minimum atomic E-state index is 0.734. The van der Waals surface area contributed by atoms with Crippen LogP contribution in [0.3, 0.4) is 0 Å². The summed E-state index contributed by atoms with van der Waals surface area (Å²) >= 11 is 0. The first-order valence-electron chi connectivity index (χ1n) is 3.50. The van der Waals surface area contributed by atoms with Gasteiger partial charge in [0.1, 0.15) is 0 Å². The molecule has 0 fully saturated rings. The summed E-state index contributed by atoms with van der Waals surface area (Å²) in [5.41, 5.74) is 0. The molecule has 0 amide bonds. The molecule has 0 atom stereocenters. The molecule has 0 aromatic heterocycles. The Balaban J connectivity index is 2.94. The van der Waals surface area contributed by atoms with Crippen molar-refractivity contribution >= 4 is 0 Å². The van der Waals surface area contributed by atoms with Crippen LogP contribution in [0.4, 0.5) is 0 Å². The van der Waals surface area contributed by atoms with Gasteiger partial charge in [-0.25, -0.2) is 0 Å². The van der Waals surface area contributed by atoms with E-state index in [0.29, 0.717) is 0 Å². The second-order valence-corrected chi connectivity index (χ2v) is 1.77. The smallest absolute Gasteiger partial charge is 0.0845 e. The fraction of sp³-hybridized carbons (Fsp3) is 0.500. The van der Waals surface area contributed by atoms with Crippen molar-refractivity contribution < 1.29 is 4.74 Å². The minimum absolute atomic E-state index is 0.734. The van der Waals surface area contributed by atoms with Crippen LogP contribution >= 0.6 is 0 Å². The van der Waals surface area contributed by atoms with E-state index in [1.54, 1.807) is 6.26 Å². The van der Waals surface area contributed by atoms with Gasteiger partial charge in [-0.05, 0) is 13.0 Å². The Hall–Kier alpha value is -0.760. The molecule has 0 saturated carbocycles. The van der Waals surface area contributed by atoms with E-state index in [4.69, 9.17) is 4.74 Å². The topological polar surface area (TPSA) is 21.3 Å². The average molecular weight is 141 g/mol. The third kappa shape index (κ3) is 7.24. The molecule has 0 aliphatic rings. The quantitative estimate of drug-likeness (QED) is 0.342. The van der Waals surface area contributed by atoms with Crippen molar-refractivity contribution in [2.24, 2.45) is 0 Å². The van der Waals surface area contributed by atoms with Crippen molar-refractivity contribution in [1.29, 1.82) is 0 Å². The molecule has 10 heavy (non-hydrogen) atoms. The molecule has 0 aromatic carbocycles. The highest BCUT2D eigenvalue weighted by atomic mass is 16.5. The maximum atomic E-state index is 4.97. The predicted octanol–water partition coefficient (Wildman–Crippen LogP) is 1.31. The normalized spacial score (nSPS) is 10.1. The summed E-state index contributed by atoms with van der Waals surface area (Å²) in [4.78, 5) is 0. The Kier molecular flexibility index (Phi) is 7.61. The highest BCUT2D eigenvalue weighted by Gasteiger charge is 1.74. The zero-order chi connectivity index (χ0) is 7.66. The van der Waals surface area contributed by atoms with E-state index in [-0.39, 0.29) is 0 Å². The second-order valence-electron chi connectivity index (χ2n) is 1.77. The molecule has 0 aromatic rings. The van der Waals surface area contributed by atoms with Crippen LogP contribution in [0.1, 0.15) is 6.92 Å². The zero-order valence-corrected chi connectivity index (χ0v) is 6.47. The number of hydrogen-bond acceptors (Lipinski definition) is 2. The Labute approximate surface area is 62.6 Å². The van der Waals surface area contributed by atoms with Gasteiger partial charge in [0.2, 0.25) is 0 Å². The summed E-state index contributed by atoms with van der Waals surface area (Å²) in [5.74, 6) is 0. The lowest BCUT2D eigenvalue weighted by atomic mass is 10.5. The van der Waals surface area contributed by atoms with Gasteiger partial charge < -0.3 is 10.1 Å². The van der Waals surface area contributed by atoms with Crippen LogP contribution in [0.25, 0.3) is 0 Å². The predicted molar refractivity (Wildman–Crippen MR) is 43.8 cm³/mol. The Morgan fingerprint density at radius 3 is 2.90 bits per heavy atom. The molecule has 0 saturated heterocycles. The van der Waals surface area contributed by atoms with Crippen LogP contribution in [0.15, 0.2) is 25.0 Å². The van der Waals surface area contributed by atoms with Crippen molar-refractivity contribution in [3.63, 3.8) is 0 Å². The number of ether oxygens (including phenoxy) is 1. The molecule has 0 aliphatic heterocycles. The van der Waals surface area contributed by atoms with Crippen molar-refractivity contribution in [1.82, 2.24) is 5.32 Å². The van der Waals surface area contributed by atoms with E-state index in [1.807, 2.05) is 19.1 Å². The van der Waals surface area contributed by atoms with Gasteiger partial charge in [-0.1, -0.05) is 6.08 Å². The summed E-state index contributed by atoms with van der Waals surface area (Å²) < 4.78 is 4.97. The van der Waals surface area contributed by atoms with Crippen molar-refractivity contribution in [2.45, 2.75) is 6.92 Å². The third-order valence-corrected chi connectivity index (χ3v) is 0.910. The van der Waals surface area contributed by atoms with Gasteiger partial charge in [0.15, 0.2) is 0 Å². The lowest BCUT2D eigenvalue weighted by Gasteiger charge is -1.94. The molecule has 0 rings (SSSR count). The molecular weight excluding hydrogens is 126 g/mol. The third-order valence-electron chi connectivity index (χ3n) is 0.910. The van der Waals surface area contributed by atoms with Gasteiger partial charge in [0, 0.05) is 13.1 Å². The maximum Gasteiger partial charge on any atom is 0.0845 e. The molecule has 2 nitrogen and oxygen atoms in total.